The summed E-state index contributed by atoms with van der Waals surface area (Å²) in [5, 5.41) is 0. The summed E-state index contributed by atoms with van der Waals surface area (Å²) in [6.45, 7) is 16.3. The van der Waals surface area contributed by atoms with Crippen molar-refractivity contribution >= 4 is 85.7 Å². The Hall–Kier alpha value is -0.310. The molecule has 0 aliphatic heterocycles. The highest BCUT2D eigenvalue weighted by molar-refractivity contribution is 14.1. The molecule has 28 heavy (non-hydrogen) atoms. The molecule has 0 aliphatic rings. The summed E-state index contributed by atoms with van der Waals surface area (Å²) in [6.07, 6.45) is -1.69. The molecular formula is C19H23I3O6. The molecule has 1 aromatic rings. The highest BCUT2D eigenvalue weighted by Gasteiger charge is 2.29. The molecule has 9 heteroatoms. The molecular weight excluding hydrogens is 705 g/mol. The summed E-state index contributed by atoms with van der Waals surface area (Å²) in [7, 11) is 0. The van der Waals surface area contributed by atoms with E-state index in [0.717, 1.165) is 11.1 Å². The van der Waals surface area contributed by atoms with Gasteiger partial charge in [0.15, 0.2) is 11.5 Å². The van der Waals surface area contributed by atoms with E-state index in [9.17, 15) is 9.59 Å². The van der Waals surface area contributed by atoms with Gasteiger partial charge in [-0.25, -0.2) is 9.59 Å². The number of rotatable bonds is 3. The SMILES string of the molecule is C=C(C)c1c(I)c(OC(=O)OC(C)(C)C)c(I)c(OC(=O)OC(C)(C)C)c1I. The maximum atomic E-state index is 12.2. The second-order valence-corrected chi connectivity index (χ2v) is 11.1. The van der Waals surface area contributed by atoms with Crippen LogP contribution in [0.1, 0.15) is 54.0 Å². The molecule has 1 rings (SSSR count). The topological polar surface area (TPSA) is 71.1 Å². The van der Waals surface area contributed by atoms with Crippen molar-refractivity contribution in [1.82, 2.24) is 0 Å². The first kappa shape index (κ1) is 25.7. The molecule has 0 saturated heterocycles. The Balaban J connectivity index is 3.44. The number of allylic oxidation sites excluding steroid dienone is 1. The van der Waals surface area contributed by atoms with E-state index >= 15 is 0 Å². The standard InChI is InChI=1S/C19H23I3O6/c1-9(2)10-11(20)14(25-16(23)27-18(3,4)5)13(22)15(12(10)21)26-17(24)28-19(6,7)8/h1H2,2-8H3. The van der Waals surface area contributed by atoms with Crippen LogP contribution in [0.15, 0.2) is 6.58 Å². The minimum Gasteiger partial charge on any atom is -0.428 e. The zero-order valence-corrected chi connectivity index (χ0v) is 23.3. The van der Waals surface area contributed by atoms with Crippen LogP contribution in [0.4, 0.5) is 9.59 Å². The Morgan fingerprint density at radius 3 is 1.32 bits per heavy atom. The Kier molecular flexibility index (Phi) is 8.88. The molecule has 0 radical (unpaired) electrons. The Morgan fingerprint density at radius 1 is 0.750 bits per heavy atom. The summed E-state index contributed by atoms with van der Waals surface area (Å²) >= 11 is 6.12. The lowest BCUT2D eigenvalue weighted by Gasteiger charge is -2.23. The molecule has 6 nitrogen and oxygen atoms in total. The van der Waals surface area contributed by atoms with Gasteiger partial charge in [0.1, 0.15) is 14.8 Å². The summed E-state index contributed by atoms with van der Waals surface area (Å²) in [6, 6.07) is 0. The summed E-state index contributed by atoms with van der Waals surface area (Å²) in [5.41, 5.74) is 0.0426. The Bertz CT molecular complexity index is 746. The van der Waals surface area contributed by atoms with Crippen molar-refractivity contribution in [1.29, 1.82) is 0 Å². The molecule has 0 aliphatic carbocycles. The zero-order valence-electron chi connectivity index (χ0n) is 16.8. The second kappa shape index (κ2) is 9.67. The minimum atomic E-state index is -0.847. The number of hydrogen-bond donors (Lipinski definition) is 0. The predicted molar refractivity (Wildman–Crippen MR) is 133 cm³/mol. The Morgan fingerprint density at radius 2 is 1.07 bits per heavy atom. The van der Waals surface area contributed by atoms with Gasteiger partial charge in [0, 0.05) is 5.56 Å². The van der Waals surface area contributed by atoms with Crippen LogP contribution in [0.2, 0.25) is 0 Å². The highest BCUT2D eigenvalue weighted by atomic mass is 127. The monoisotopic (exact) mass is 728 g/mol. The fourth-order valence-corrected chi connectivity index (χ4v) is 6.41. The molecule has 156 valence electrons. The van der Waals surface area contributed by atoms with Gasteiger partial charge in [0.25, 0.3) is 0 Å². The van der Waals surface area contributed by atoms with Crippen LogP contribution in [-0.2, 0) is 9.47 Å². The van der Waals surface area contributed by atoms with Gasteiger partial charge in [-0.15, -0.1) is 0 Å². The lowest BCUT2D eigenvalue weighted by atomic mass is 10.1. The minimum absolute atomic E-state index is 0.243. The maximum absolute atomic E-state index is 12.2. The molecule has 0 atom stereocenters. The van der Waals surface area contributed by atoms with Crippen LogP contribution in [-0.4, -0.2) is 23.5 Å². The molecule has 0 fully saturated rings. The van der Waals surface area contributed by atoms with E-state index < -0.39 is 23.5 Å². The molecule has 0 amide bonds. The fraction of sp³-hybridized carbons (Fsp3) is 0.474. The smallest absolute Gasteiger partial charge is 0.428 e. The number of carbonyl (C=O) groups is 2. The van der Waals surface area contributed by atoms with Gasteiger partial charge in [0.05, 0.1) is 7.14 Å². The van der Waals surface area contributed by atoms with E-state index in [1.54, 1.807) is 41.5 Å². The average Bonchev–Trinajstić information content (AvgIpc) is 2.44. The van der Waals surface area contributed by atoms with Crippen molar-refractivity contribution < 1.29 is 28.5 Å². The lowest BCUT2D eigenvalue weighted by molar-refractivity contribution is 0.0199. The molecule has 0 heterocycles. The Labute approximate surface area is 206 Å². The third-order valence-corrected chi connectivity index (χ3v) is 5.85. The van der Waals surface area contributed by atoms with E-state index in [4.69, 9.17) is 18.9 Å². The third kappa shape index (κ3) is 7.50. The van der Waals surface area contributed by atoms with Crippen molar-refractivity contribution in [2.45, 2.75) is 59.7 Å². The molecule has 0 spiro atoms. The summed E-state index contributed by atoms with van der Waals surface area (Å²) in [5.74, 6) is 0.486. The van der Waals surface area contributed by atoms with Crippen LogP contribution < -0.4 is 9.47 Å². The van der Waals surface area contributed by atoms with Gasteiger partial charge in [-0.3, -0.25) is 0 Å². The van der Waals surface area contributed by atoms with Gasteiger partial charge < -0.3 is 18.9 Å². The first-order valence-electron chi connectivity index (χ1n) is 8.21. The van der Waals surface area contributed by atoms with Gasteiger partial charge in [-0.2, -0.15) is 0 Å². The van der Waals surface area contributed by atoms with Gasteiger partial charge >= 0.3 is 12.3 Å². The van der Waals surface area contributed by atoms with Gasteiger partial charge in [0.2, 0.25) is 0 Å². The van der Waals surface area contributed by atoms with Crippen molar-refractivity contribution in [2.75, 3.05) is 0 Å². The quantitative estimate of drug-likeness (QED) is 0.187. The molecule has 0 N–H and O–H groups in total. The first-order valence-corrected chi connectivity index (χ1v) is 11.4. The second-order valence-electron chi connectivity index (χ2n) is 7.89. The highest BCUT2D eigenvalue weighted by Crippen LogP contribution is 2.44. The largest absolute Gasteiger partial charge is 0.514 e. The van der Waals surface area contributed by atoms with Crippen molar-refractivity contribution in [3.63, 3.8) is 0 Å². The van der Waals surface area contributed by atoms with Crippen LogP contribution in [0, 0.1) is 10.7 Å². The van der Waals surface area contributed by atoms with E-state index in [-0.39, 0.29) is 11.5 Å². The maximum Gasteiger partial charge on any atom is 0.514 e. The molecule has 1 aromatic carbocycles. The van der Waals surface area contributed by atoms with Crippen molar-refractivity contribution in [3.05, 3.63) is 22.9 Å². The van der Waals surface area contributed by atoms with E-state index in [1.165, 1.54) is 0 Å². The van der Waals surface area contributed by atoms with Crippen molar-refractivity contribution in [3.8, 4) is 11.5 Å². The first-order chi connectivity index (χ1) is 12.5. The van der Waals surface area contributed by atoms with Crippen LogP contribution >= 0.6 is 67.8 Å². The van der Waals surface area contributed by atoms with Crippen molar-refractivity contribution in [2.24, 2.45) is 0 Å². The molecule has 0 saturated carbocycles. The number of benzene rings is 1. The third-order valence-electron chi connectivity index (χ3n) is 2.81. The van der Waals surface area contributed by atoms with Gasteiger partial charge in [-0.05, 0) is 122 Å². The van der Waals surface area contributed by atoms with Crippen LogP contribution in [0.5, 0.6) is 11.5 Å². The number of ether oxygens (including phenoxy) is 4. The number of halogens is 3. The molecule has 0 bridgehead atoms. The van der Waals surface area contributed by atoms with Crippen LogP contribution in [0.25, 0.3) is 5.57 Å². The number of hydrogen-bond acceptors (Lipinski definition) is 6. The zero-order chi connectivity index (χ0) is 22.0. The molecule has 0 unspecified atom stereocenters. The average molecular weight is 728 g/mol. The predicted octanol–water partition coefficient (Wildman–Crippen LogP) is 7.16. The van der Waals surface area contributed by atoms with E-state index in [0.29, 0.717) is 10.7 Å². The van der Waals surface area contributed by atoms with E-state index in [2.05, 4.69) is 51.8 Å². The van der Waals surface area contributed by atoms with E-state index in [1.807, 2.05) is 29.5 Å². The fourth-order valence-electron chi connectivity index (χ4n) is 1.88. The summed E-state index contributed by atoms with van der Waals surface area (Å²) in [4.78, 5) is 24.4. The molecule has 0 aromatic heterocycles. The normalized spacial score (nSPS) is 11.6. The number of carbonyl (C=O) groups excluding carboxylic acids is 2. The van der Waals surface area contributed by atoms with Crippen LogP contribution in [0.3, 0.4) is 0 Å². The van der Waals surface area contributed by atoms with Gasteiger partial charge in [-0.1, -0.05) is 6.58 Å². The lowest BCUT2D eigenvalue weighted by Crippen LogP contribution is -2.27. The summed E-state index contributed by atoms with van der Waals surface area (Å²) < 4.78 is 23.2.